The predicted octanol–water partition coefficient (Wildman–Crippen LogP) is 3.08. The zero-order valence-electron chi connectivity index (χ0n) is 12.7. The van der Waals surface area contributed by atoms with E-state index in [4.69, 9.17) is 9.47 Å². The highest BCUT2D eigenvalue weighted by atomic mass is 16.6. The van der Waals surface area contributed by atoms with E-state index < -0.39 is 0 Å². The number of hydrazine groups is 1. The number of fused-ring (bicyclic) bond motifs is 2. The Bertz CT molecular complexity index is 674. The van der Waals surface area contributed by atoms with Crippen molar-refractivity contribution >= 4 is 5.69 Å². The summed E-state index contributed by atoms with van der Waals surface area (Å²) in [6, 6.07) is 16.5. The van der Waals surface area contributed by atoms with Gasteiger partial charge in [-0.2, -0.15) is 0 Å². The topological polar surface area (TPSA) is 24.9 Å². The lowest BCUT2D eigenvalue weighted by Crippen LogP contribution is -2.46. The molecule has 114 valence electrons. The molecule has 1 atom stereocenters. The third kappa shape index (κ3) is 2.29. The average Bonchev–Trinajstić information content (AvgIpc) is 2.91. The van der Waals surface area contributed by atoms with Gasteiger partial charge >= 0.3 is 0 Å². The Morgan fingerprint density at radius 1 is 1.05 bits per heavy atom. The minimum absolute atomic E-state index is 0.0539. The van der Waals surface area contributed by atoms with Crippen molar-refractivity contribution in [2.75, 3.05) is 24.7 Å². The fraction of sp³-hybridized carbons (Fsp3) is 0.333. The van der Waals surface area contributed by atoms with E-state index in [-0.39, 0.29) is 6.10 Å². The summed E-state index contributed by atoms with van der Waals surface area (Å²) >= 11 is 0. The average molecular weight is 296 g/mol. The van der Waals surface area contributed by atoms with Crippen LogP contribution >= 0.6 is 0 Å². The standard InChI is InChI=1S/C18H20N2O2/c1-2-20-16-8-4-3-7-14(16)11-19(20)12-15-13-21-17-9-5-6-10-18(17)22-15/h3-10,15H,2,11-13H2,1H3. The van der Waals surface area contributed by atoms with Gasteiger partial charge in [-0.1, -0.05) is 30.3 Å². The highest BCUT2D eigenvalue weighted by Gasteiger charge is 2.30. The number of hydrogen-bond acceptors (Lipinski definition) is 4. The van der Waals surface area contributed by atoms with Crippen LogP contribution in [0.15, 0.2) is 48.5 Å². The number of nitrogens with zero attached hydrogens (tertiary/aromatic N) is 2. The molecule has 4 heteroatoms. The van der Waals surface area contributed by atoms with E-state index in [0.29, 0.717) is 6.61 Å². The number of hydrogen-bond donors (Lipinski definition) is 0. The molecule has 2 aromatic carbocycles. The number of anilines is 1. The summed E-state index contributed by atoms with van der Waals surface area (Å²) in [4.78, 5) is 0. The third-order valence-corrected chi connectivity index (χ3v) is 4.25. The van der Waals surface area contributed by atoms with Crippen LogP contribution in [-0.2, 0) is 6.54 Å². The molecule has 4 rings (SSSR count). The number of ether oxygens (including phenoxy) is 2. The molecule has 0 saturated carbocycles. The highest BCUT2D eigenvalue weighted by Crippen LogP contribution is 2.34. The molecular weight excluding hydrogens is 276 g/mol. The fourth-order valence-corrected chi connectivity index (χ4v) is 3.25. The van der Waals surface area contributed by atoms with E-state index in [1.807, 2.05) is 24.3 Å². The molecule has 2 aliphatic rings. The molecular formula is C18H20N2O2. The highest BCUT2D eigenvalue weighted by molar-refractivity contribution is 5.56. The Hall–Kier alpha value is -2.20. The molecule has 22 heavy (non-hydrogen) atoms. The molecule has 0 fully saturated rings. The summed E-state index contributed by atoms with van der Waals surface area (Å²) in [5, 5.41) is 4.69. The molecule has 0 saturated heterocycles. The lowest BCUT2D eigenvalue weighted by atomic mass is 10.2. The van der Waals surface area contributed by atoms with Gasteiger partial charge in [-0.25, -0.2) is 5.01 Å². The molecule has 0 radical (unpaired) electrons. The third-order valence-electron chi connectivity index (χ3n) is 4.25. The van der Waals surface area contributed by atoms with Gasteiger partial charge in [0, 0.05) is 13.1 Å². The van der Waals surface area contributed by atoms with Crippen LogP contribution in [0.2, 0.25) is 0 Å². The van der Waals surface area contributed by atoms with Gasteiger partial charge in [0.2, 0.25) is 0 Å². The van der Waals surface area contributed by atoms with E-state index in [9.17, 15) is 0 Å². The summed E-state index contributed by atoms with van der Waals surface area (Å²) in [7, 11) is 0. The Balaban J connectivity index is 1.49. The second-order valence-corrected chi connectivity index (χ2v) is 5.69. The maximum absolute atomic E-state index is 6.09. The van der Waals surface area contributed by atoms with E-state index >= 15 is 0 Å². The van der Waals surface area contributed by atoms with Crippen LogP contribution in [0.1, 0.15) is 12.5 Å². The van der Waals surface area contributed by atoms with Crippen molar-refractivity contribution in [1.29, 1.82) is 0 Å². The first-order chi connectivity index (χ1) is 10.8. The lowest BCUT2D eigenvalue weighted by Gasteiger charge is -2.34. The van der Waals surface area contributed by atoms with Crippen LogP contribution in [0.3, 0.4) is 0 Å². The molecule has 0 amide bonds. The van der Waals surface area contributed by atoms with Gasteiger partial charge in [-0.15, -0.1) is 0 Å². The summed E-state index contributed by atoms with van der Waals surface area (Å²) in [6.45, 7) is 5.51. The molecule has 1 unspecified atom stereocenters. The maximum Gasteiger partial charge on any atom is 0.161 e. The van der Waals surface area contributed by atoms with Gasteiger partial charge < -0.3 is 14.5 Å². The van der Waals surface area contributed by atoms with Crippen molar-refractivity contribution in [2.24, 2.45) is 0 Å². The molecule has 2 aliphatic heterocycles. The predicted molar refractivity (Wildman–Crippen MR) is 86.2 cm³/mol. The van der Waals surface area contributed by atoms with Crippen LogP contribution in [0.25, 0.3) is 0 Å². The van der Waals surface area contributed by atoms with Crippen molar-refractivity contribution in [2.45, 2.75) is 19.6 Å². The molecule has 0 aliphatic carbocycles. The van der Waals surface area contributed by atoms with Crippen molar-refractivity contribution in [1.82, 2.24) is 5.01 Å². The van der Waals surface area contributed by atoms with Gasteiger partial charge in [-0.05, 0) is 30.7 Å². The SMILES string of the molecule is CCN1c2ccccc2CN1CC1COc2ccccc2O1. The van der Waals surface area contributed by atoms with Crippen LogP contribution in [-0.4, -0.2) is 30.8 Å². The van der Waals surface area contributed by atoms with Crippen molar-refractivity contribution in [3.05, 3.63) is 54.1 Å². The first-order valence-corrected chi connectivity index (χ1v) is 7.84. The number of benzene rings is 2. The fourth-order valence-electron chi connectivity index (χ4n) is 3.25. The van der Waals surface area contributed by atoms with E-state index in [0.717, 1.165) is 31.1 Å². The lowest BCUT2D eigenvalue weighted by molar-refractivity contribution is 0.0562. The van der Waals surface area contributed by atoms with Crippen LogP contribution in [0.5, 0.6) is 11.5 Å². The van der Waals surface area contributed by atoms with E-state index in [1.165, 1.54) is 11.3 Å². The Labute approximate surface area is 130 Å². The summed E-state index contributed by atoms with van der Waals surface area (Å²) in [5.41, 5.74) is 2.68. The smallest absolute Gasteiger partial charge is 0.161 e. The normalized spacial score (nSPS) is 20.0. The summed E-state index contributed by atoms with van der Waals surface area (Å²) in [5.74, 6) is 1.69. The minimum Gasteiger partial charge on any atom is -0.486 e. The maximum atomic E-state index is 6.09. The van der Waals surface area contributed by atoms with E-state index in [1.54, 1.807) is 0 Å². The van der Waals surface area contributed by atoms with Crippen LogP contribution in [0, 0.1) is 0 Å². The second-order valence-electron chi connectivity index (χ2n) is 5.69. The van der Waals surface area contributed by atoms with Gasteiger partial charge in [-0.3, -0.25) is 0 Å². The van der Waals surface area contributed by atoms with E-state index in [2.05, 4.69) is 41.2 Å². The molecule has 2 heterocycles. The number of rotatable bonds is 3. The van der Waals surface area contributed by atoms with Crippen molar-refractivity contribution < 1.29 is 9.47 Å². The monoisotopic (exact) mass is 296 g/mol. The zero-order chi connectivity index (χ0) is 14.9. The first kappa shape index (κ1) is 13.5. The Morgan fingerprint density at radius 2 is 1.82 bits per heavy atom. The molecule has 4 nitrogen and oxygen atoms in total. The van der Waals surface area contributed by atoms with Crippen molar-refractivity contribution in [3.63, 3.8) is 0 Å². The van der Waals surface area contributed by atoms with Crippen LogP contribution in [0.4, 0.5) is 5.69 Å². The molecule has 0 aromatic heterocycles. The minimum atomic E-state index is 0.0539. The van der Waals surface area contributed by atoms with Crippen molar-refractivity contribution in [3.8, 4) is 11.5 Å². The molecule has 0 N–H and O–H groups in total. The Morgan fingerprint density at radius 3 is 2.68 bits per heavy atom. The largest absolute Gasteiger partial charge is 0.486 e. The first-order valence-electron chi connectivity index (χ1n) is 7.84. The quantitative estimate of drug-likeness (QED) is 0.869. The van der Waals surface area contributed by atoms with Gasteiger partial charge in [0.25, 0.3) is 0 Å². The summed E-state index contributed by atoms with van der Waals surface area (Å²) < 4.78 is 11.9. The van der Waals surface area contributed by atoms with Gasteiger partial charge in [0.05, 0.1) is 12.2 Å². The molecule has 0 bridgehead atoms. The zero-order valence-corrected chi connectivity index (χ0v) is 12.7. The van der Waals surface area contributed by atoms with Gasteiger partial charge in [0.15, 0.2) is 11.5 Å². The molecule has 0 spiro atoms. The second kappa shape index (κ2) is 5.54. The number of para-hydroxylation sites is 3. The Kier molecular flexibility index (Phi) is 3.39. The molecule has 2 aromatic rings. The van der Waals surface area contributed by atoms with Gasteiger partial charge in [0.1, 0.15) is 12.7 Å². The summed E-state index contributed by atoms with van der Waals surface area (Å²) in [6.07, 6.45) is 0.0539. The van der Waals surface area contributed by atoms with Crippen LogP contribution < -0.4 is 14.5 Å².